The van der Waals surface area contributed by atoms with Crippen molar-refractivity contribution < 1.29 is 0 Å². The maximum Gasteiger partial charge on any atom is 0.151 e. The van der Waals surface area contributed by atoms with E-state index >= 15 is 0 Å². The Morgan fingerprint density at radius 1 is 1.28 bits per heavy atom. The van der Waals surface area contributed by atoms with Crippen LogP contribution in [-0.4, -0.2) is 50.7 Å². The van der Waals surface area contributed by atoms with Gasteiger partial charge in [-0.05, 0) is 50.6 Å². The summed E-state index contributed by atoms with van der Waals surface area (Å²) in [4.78, 5) is 9.53. The molecule has 3 aromatic rings. The van der Waals surface area contributed by atoms with E-state index < -0.39 is 0 Å². The molecule has 1 aliphatic rings. The topological polar surface area (TPSA) is 49.6 Å². The molecule has 0 aliphatic carbocycles. The SMILES string of the molecule is Cc1cccn2cc(CN(C)C[C@H]3CCCN3c3cccnn3)nc12. The second-order valence-corrected chi connectivity index (χ2v) is 6.92. The van der Waals surface area contributed by atoms with Gasteiger partial charge in [0.15, 0.2) is 5.82 Å². The van der Waals surface area contributed by atoms with Gasteiger partial charge in [-0.25, -0.2) is 4.98 Å². The summed E-state index contributed by atoms with van der Waals surface area (Å²) in [7, 11) is 2.17. The van der Waals surface area contributed by atoms with Crippen molar-refractivity contribution in [2.75, 3.05) is 25.0 Å². The zero-order valence-corrected chi connectivity index (χ0v) is 14.8. The van der Waals surface area contributed by atoms with Gasteiger partial charge in [-0.1, -0.05) is 6.07 Å². The molecular weight excluding hydrogens is 312 g/mol. The van der Waals surface area contributed by atoms with Crippen molar-refractivity contribution in [2.45, 2.75) is 32.4 Å². The van der Waals surface area contributed by atoms with Crippen molar-refractivity contribution in [3.63, 3.8) is 0 Å². The van der Waals surface area contributed by atoms with E-state index in [4.69, 9.17) is 4.98 Å². The molecule has 0 amide bonds. The van der Waals surface area contributed by atoms with Crippen LogP contribution in [0.1, 0.15) is 24.1 Å². The molecule has 130 valence electrons. The molecule has 0 aromatic carbocycles. The molecule has 6 nitrogen and oxygen atoms in total. The fraction of sp³-hybridized carbons (Fsp3) is 0.421. The Bertz CT molecular complexity index is 844. The lowest BCUT2D eigenvalue weighted by molar-refractivity contribution is 0.300. The number of nitrogens with zero attached hydrogens (tertiary/aromatic N) is 6. The molecule has 1 aliphatic heterocycles. The van der Waals surface area contributed by atoms with E-state index in [0.717, 1.165) is 36.8 Å². The normalized spacial score (nSPS) is 17.7. The maximum absolute atomic E-state index is 4.79. The summed E-state index contributed by atoms with van der Waals surface area (Å²) in [5.41, 5.74) is 3.37. The van der Waals surface area contributed by atoms with E-state index in [1.165, 1.54) is 18.4 Å². The summed E-state index contributed by atoms with van der Waals surface area (Å²) >= 11 is 0. The molecule has 3 aromatic heterocycles. The van der Waals surface area contributed by atoms with Crippen molar-refractivity contribution in [1.82, 2.24) is 24.5 Å². The number of imidazole rings is 1. The first-order valence-electron chi connectivity index (χ1n) is 8.87. The third kappa shape index (κ3) is 3.35. The highest BCUT2D eigenvalue weighted by Crippen LogP contribution is 2.24. The molecule has 4 heterocycles. The summed E-state index contributed by atoms with van der Waals surface area (Å²) in [6, 6.07) is 8.67. The second-order valence-electron chi connectivity index (χ2n) is 6.92. The first-order valence-corrected chi connectivity index (χ1v) is 8.87. The fourth-order valence-corrected chi connectivity index (χ4v) is 3.76. The van der Waals surface area contributed by atoms with E-state index in [9.17, 15) is 0 Å². The Morgan fingerprint density at radius 3 is 3.00 bits per heavy atom. The molecule has 1 fully saturated rings. The highest BCUT2D eigenvalue weighted by atomic mass is 15.3. The van der Waals surface area contributed by atoms with Gasteiger partial charge >= 0.3 is 0 Å². The zero-order valence-electron chi connectivity index (χ0n) is 14.8. The number of anilines is 1. The van der Waals surface area contributed by atoms with Gasteiger partial charge in [-0.2, -0.15) is 5.10 Å². The Morgan fingerprint density at radius 2 is 2.20 bits per heavy atom. The Hall–Kier alpha value is -2.47. The number of likely N-dealkylation sites (N-methyl/N-ethyl adjacent to an activating group) is 1. The minimum Gasteiger partial charge on any atom is -0.351 e. The number of aryl methyl sites for hydroxylation is 1. The van der Waals surface area contributed by atoms with Gasteiger partial charge in [0.2, 0.25) is 0 Å². The third-order valence-electron chi connectivity index (χ3n) is 4.91. The van der Waals surface area contributed by atoms with Crippen molar-refractivity contribution in [3.05, 3.63) is 54.1 Å². The third-order valence-corrected chi connectivity index (χ3v) is 4.91. The number of aromatic nitrogens is 4. The fourth-order valence-electron chi connectivity index (χ4n) is 3.76. The monoisotopic (exact) mass is 336 g/mol. The van der Waals surface area contributed by atoms with Crippen LogP contribution >= 0.6 is 0 Å². The van der Waals surface area contributed by atoms with E-state index in [1.54, 1.807) is 6.20 Å². The molecule has 0 saturated carbocycles. The van der Waals surface area contributed by atoms with Crippen molar-refractivity contribution >= 4 is 11.5 Å². The van der Waals surface area contributed by atoms with E-state index in [1.807, 2.05) is 6.07 Å². The lowest BCUT2D eigenvalue weighted by Gasteiger charge is -2.28. The molecule has 4 rings (SSSR count). The minimum absolute atomic E-state index is 0.487. The van der Waals surface area contributed by atoms with E-state index in [0.29, 0.717) is 6.04 Å². The van der Waals surface area contributed by atoms with Gasteiger partial charge in [0.25, 0.3) is 0 Å². The van der Waals surface area contributed by atoms with Crippen LogP contribution in [0, 0.1) is 6.92 Å². The lowest BCUT2D eigenvalue weighted by Crippen LogP contribution is -2.39. The number of hydrogen-bond acceptors (Lipinski definition) is 5. The van der Waals surface area contributed by atoms with Gasteiger partial charge in [0.1, 0.15) is 5.65 Å². The molecule has 0 bridgehead atoms. The molecular formula is C19H24N6. The standard InChI is InChI=1S/C19H24N6/c1-15-6-4-10-24-13-16(21-19(15)24)12-23(2)14-17-7-5-11-25(17)18-8-3-9-20-22-18/h3-4,6,8-10,13,17H,5,7,11-12,14H2,1-2H3/t17-/m1/s1. The largest absolute Gasteiger partial charge is 0.351 e. The summed E-state index contributed by atoms with van der Waals surface area (Å²) in [5.74, 6) is 0.988. The van der Waals surface area contributed by atoms with Crippen LogP contribution in [-0.2, 0) is 6.54 Å². The second kappa shape index (κ2) is 6.80. The lowest BCUT2D eigenvalue weighted by atomic mass is 10.2. The summed E-state index contributed by atoms with van der Waals surface area (Å²) < 4.78 is 2.11. The van der Waals surface area contributed by atoms with Crippen LogP contribution < -0.4 is 4.90 Å². The van der Waals surface area contributed by atoms with Gasteiger partial charge < -0.3 is 9.30 Å². The quantitative estimate of drug-likeness (QED) is 0.717. The highest BCUT2D eigenvalue weighted by molar-refractivity contribution is 5.47. The minimum atomic E-state index is 0.487. The number of hydrogen-bond donors (Lipinski definition) is 0. The maximum atomic E-state index is 4.79. The summed E-state index contributed by atoms with van der Waals surface area (Å²) in [6.07, 6.45) is 8.33. The Kier molecular flexibility index (Phi) is 4.36. The molecule has 0 radical (unpaired) electrons. The number of rotatable bonds is 5. The van der Waals surface area contributed by atoms with Crippen LogP contribution in [0.3, 0.4) is 0 Å². The molecule has 0 unspecified atom stereocenters. The summed E-state index contributed by atoms with van der Waals surface area (Å²) in [6.45, 7) is 5.02. The molecule has 0 spiro atoms. The average Bonchev–Trinajstić information content (AvgIpc) is 3.23. The van der Waals surface area contributed by atoms with Crippen LogP contribution in [0.15, 0.2) is 42.9 Å². The molecule has 0 N–H and O–H groups in total. The molecule has 6 heteroatoms. The first-order chi connectivity index (χ1) is 12.2. The van der Waals surface area contributed by atoms with Crippen molar-refractivity contribution in [3.8, 4) is 0 Å². The van der Waals surface area contributed by atoms with Gasteiger partial charge in [-0.3, -0.25) is 4.90 Å². The Labute approximate surface area is 148 Å². The molecule has 1 atom stereocenters. The predicted molar refractivity (Wildman–Crippen MR) is 98.7 cm³/mol. The number of fused-ring (bicyclic) bond motifs is 1. The summed E-state index contributed by atoms with van der Waals surface area (Å²) in [5, 5.41) is 8.31. The average molecular weight is 336 g/mol. The van der Waals surface area contributed by atoms with Crippen LogP contribution in [0.25, 0.3) is 5.65 Å². The Balaban J connectivity index is 1.44. The molecule has 1 saturated heterocycles. The number of pyridine rings is 1. The van der Waals surface area contributed by atoms with Crippen molar-refractivity contribution in [2.24, 2.45) is 0 Å². The van der Waals surface area contributed by atoms with Gasteiger partial charge in [0, 0.05) is 44.3 Å². The van der Waals surface area contributed by atoms with E-state index in [2.05, 4.69) is 69.0 Å². The zero-order chi connectivity index (χ0) is 17.2. The van der Waals surface area contributed by atoms with Gasteiger partial charge in [-0.15, -0.1) is 5.10 Å². The highest BCUT2D eigenvalue weighted by Gasteiger charge is 2.27. The van der Waals surface area contributed by atoms with Crippen molar-refractivity contribution in [1.29, 1.82) is 0 Å². The predicted octanol–water partition coefficient (Wildman–Crippen LogP) is 2.53. The van der Waals surface area contributed by atoms with Crippen LogP contribution in [0.2, 0.25) is 0 Å². The molecule has 25 heavy (non-hydrogen) atoms. The van der Waals surface area contributed by atoms with E-state index in [-0.39, 0.29) is 0 Å². The van der Waals surface area contributed by atoms with Gasteiger partial charge in [0.05, 0.1) is 5.69 Å². The van der Waals surface area contributed by atoms with Crippen LogP contribution in [0.4, 0.5) is 5.82 Å². The van der Waals surface area contributed by atoms with Crippen LogP contribution in [0.5, 0.6) is 0 Å². The smallest absolute Gasteiger partial charge is 0.151 e. The first kappa shape index (κ1) is 16.0.